The van der Waals surface area contributed by atoms with Gasteiger partial charge in [0.1, 0.15) is 42.7 Å². The molecule has 0 amide bonds. The van der Waals surface area contributed by atoms with Crippen LogP contribution < -0.4 is 0 Å². The summed E-state index contributed by atoms with van der Waals surface area (Å²) in [7, 11) is 0. The molecule has 2 saturated heterocycles. The number of carbonyl (C=O) groups is 1. The van der Waals surface area contributed by atoms with Crippen molar-refractivity contribution in [3.05, 3.63) is 11.6 Å². The van der Waals surface area contributed by atoms with Crippen molar-refractivity contribution >= 4 is 5.97 Å². The van der Waals surface area contributed by atoms with Crippen LogP contribution in [0.25, 0.3) is 0 Å². The number of aliphatic hydroxyl groups is 9. The van der Waals surface area contributed by atoms with Crippen LogP contribution >= 0.6 is 0 Å². The molecule has 14 nitrogen and oxygen atoms in total. The van der Waals surface area contributed by atoms with Gasteiger partial charge in [0.2, 0.25) is 6.29 Å². The Bertz CT molecular complexity index is 1490. The maximum Gasteiger partial charge on any atom is 0.315 e. The average molecular weight is 783 g/mol. The van der Waals surface area contributed by atoms with Crippen molar-refractivity contribution in [2.75, 3.05) is 19.8 Å². The smallest absolute Gasteiger partial charge is 0.315 e. The fourth-order valence-electron chi connectivity index (χ4n) is 13.5. The van der Waals surface area contributed by atoms with E-state index in [9.17, 15) is 50.8 Å². The largest absolute Gasteiger partial charge is 0.432 e. The molecule has 0 bridgehead atoms. The second-order valence-corrected chi connectivity index (χ2v) is 19.7. The van der Waals surface area contributed by atoms with Crippen molar-refractivity contribution in [3.63, 3.8) is 0 Å². The summed E-state index contributed by atoms with van der Waals surface area (Å²) in [5, 5.41) is 96.0. The molecule has 0 aromatic heterocycles. The fraction of sp³-hybridized carbons (Fsp3) is 0.927. The first kappa shape index (κ1) is 41.9. The fourth-order valence-corrected chi connectivity index (χ4v) is 13.5. The molecule has 7 aliphatic rings. The van der Waals surface area contributed by atoms with Crippen LogP contribution in [0.1, 0.15) is 99.3 Å². The molecule has 314 valence electrons. The van der Waals surface area contributed by atoms with Gasteiger partial charge in [-0.05, 0) is 98.7 Å². The zero-order valence-electron chi connectivity index (χ0n) is 33.2. The molecule has 2 aliphatic heterocycles. The van der Waals surface area contributed by atoms with E-state index in [4.69, 9.17) is 18.9 Å². The number of fused-ring (bicyclic) bond motifs is 7. The molecular weight excluding hydrogens is 716 g/mol. The van der Waals surface area contributed by atoms with E-state index in [0.717, 1.165) is 24.8 Å². The topological polar surface area (TPSA) is 236 Å². The number of aliphatic hydroxyl groups excluding tert-OH is 8. The lowest BCUT2D eigenvalue weighted by Crippen LogP contribution is -2.69. The summed E-state index contributed by atoms with van der Waals surface area (Å²) in [5.41, 5.74) is -2.97. The van der Waals surface area contributed by atoms with Crippen molar-refractivity contribution in [2.24, 2.45) is 50.7 Å². The van der Waals surface area contributed by atoms with Crippen molar-refractivity contribution in [2.45, 2.75) is 166 Å². The van der Waals surface area contributed by atoms with Crippen molar-refractivity contribution < 1.29 is 69.7 Å². The molecule has 0 unspecified atom stereocenters. The third kappa shape index (κ3) is 5.89. The monoisotopic (exact) mass is 782 g/mol. The molecule has 0 spiro atoms. The van der Waals surface area contributed by atoms with Crippen LogP contribution in [0.5, 0.6) is 0 Å². The molecule has 0 aromatic carbocycles. The van der Waals surface area contributed by atoms with Crippen LogP contribution in [0.2, 0.25) is 0 Å². The minimum absolute atomic E-state index is 0.0469. The van der Waals surface area contributed by atoms with Gasteiger partial charge in [-0.1, -0.05) is 46.3 Å². The van der Waals surface area contributed by atoms with Gasteiger partial charge < -0.3 is 64.9 Å². The highest BCUT2D eigenvalue weighted by Crippen LogP contribution is 2.76. The van der Waals surface area contributed by atoms with Gasteiger partial charge >= 0.3 is 5.97 Å². The van der Waals surface area contributed by atoms with Gasteiger partial charge in [-0.25, -0.2) is 0 Å². The molecule has 7 rings (SSSR count). The molecule has 55 heavy (non-hydrogen) atoms. The van der Waals surface area contributed by atoms with Gasteiger partial charge in [-0.2, -0.15) is 0 Å². The number of hydrogen-bond donors (Lipinski definition) is 9. The highest BCUT2D eigenvalue weighted by atomic mass is 16.7. The Labute approximate surface area is 323 Å². The molecule has 4 saturated carbocycles. The third-order valence-corrected chi connectivity index (χ3v) is 17.4. The standard InChI is InChI=1S/C41H66O14/c1-20-9-14-41(35(50)55-34-31(49)29(47)28(46)23(17-42)53-34)16-15-38(4)21(32(41)40(20,6)51)7-8-25-36(2)12-11-26(54-33-30(48)27(45)22(44)18-52-33)37(3,19-43)24(36)10-13-39(25,38)5/h7,20,22-34,42-49,51H,8-19H2,1-6H3/t20-,22+,23-,24-,25-,26+,27+,28-,29+,30-,31-,32+,33+,34+,36+,37+,38-,39-,40-,41+/m1/s1. The third-order valence-electron chi connectivity index (χ3n) is 17.4. The Morgan fingerprint density at radius 2 is 1.51 bits per heavy atom. The number of ether oxygens (including phenoxy) is 4. The number of carbonyl (C=O) groups excluding carboxylic acids is 1. The Morgan fingerprint density at radius 3 is 2.18 bits per heavy atom. The summed E-state index contributed by atoms with van der Waals surface area (Å²) in [4.78, 5) is 14.6. The second kappa shape index (κ2) is 14.2. The quantitative estimate of drug-likeness (QED) is 0.104. The van der Waals surface area contributed by atoms with Gasteiger partial charge in [0, 0.05) is 11.3 Å². The van der Waals surface area contributed by atoms with E-state index < -0.39 is 102 Å². The normalized spacial score (nSPS) is 56.6. The van der Waals surface area contributed by atoms with Crippen LogP contribution in [0.4, 0.5) is 0 Å². The summed E-state index contributed by atoms with van der Waals surface area (Å²) in [5.74, 6) is -1.14. The van der Waals surface area contributed by atoms with Gasteiger partial charge in [-0.15, -0.1) is 0 Å². The zero-order chi connectivity index (χ0) is 40.3. The number of hydrogen-bond acceptors (Lipinski definition) is 14. The number of rotatable bonds is 6. The van der Waals surface area contributed by atoms with E-state index >= 15 is 0 Å². The van der Waals surface area contributed by atoms with E-state index in [-0.39, 0.29) is 41.8 Å². The van der Waals surface area contributed by atoms with Crippen LogP contribution in [0, 0.1) is 50.7 Å². The van der Waals surface area contributed by atoms with Crippen LogP contribution in [-0.2, 0) is 23.7 Å². The molecule has 2 heterocycles. The van der Waals surface area contributed by atoms with Gasteiger partial charge in [0.05, 0.1) is 36.9 Å². The Hall–Kier alpha value is -1.27. The number of esters is 1. The molecular formula is C41H66O14. The summed E-state index contributed by atoms with van der Waals surface area (Å²) in [6, 6.07) is 0. The maximum atomic E-state index is 14.6. The molecule has 6 fully saturated rings. The first-order chi connectivity index (χ1) is 25.7. The summed E-state index contributed by atoms with van der Waals surface area (Å²) < 4.78 is 23.5. The minimum Gasteiger partial charge on any atom is -0.432 e. The SMILES string of the molecule is C[C@@H]1CC[C@]2(C(=O)O[C@@H]3O[C@H](CO)[C@@H](O)[C@H](O)[C@H]3O)CC[C@]3(C)C(=CC[C@@H]4[C@@]5(C)CC[C@H](O[C@@H]6OC[C@H](O)[C@H](O)[C@H]6O)[C@@](C)(CO)[C@@H]5CC[C@]43C)[C@H]2[C@]1(C)O. The van der Waals surface area contributed by atoms with E-state index in [0.29, 0.717) is 38.5 Å². The van der Waals surface area contributed by atoms with E-state index in [1.807, 2.05) is 20.8 Å². The Kier molecular flexibility index (Phi) is 10.8. The molecule has 0 aromatic rings. The lowest BCUT2D eigenvalue weighted by molar-refractivity contribution is -0.313. The predicted octanol–water partition coefficient (Wildman–Crippen LogP) is 0.899. The lowest BCUT2D eigenvalue weighted by atomic mass is 9.33. The first-order valence-electron chi connectivity index (χ1n) is 20.5. The molecule has 9 N–H and O–H groups in total. The minimum atomic E-state index is -1.73. The van der Waals surface area contributed by atoms with E-state index in [2.05, 4.69) is 26.8 Å². The van der Waals surface area contributed by atoms with Crippen molar-refractivity contribution in [1.82, 2.24) is 0 Å². The van der Waals surface area contributed by atoms with Gasteiger partial charge in [0.25, 0.3) is 0 Å². The summed E-state index contributed by atoms with van der Waals surface area (Å²) in [6.07, 6.45) is -5.44. The van der Waals surface area contributed by atoms with Gasteiger partial charge in [0.15, 0.2) is 6.29 Å². The highest BCUT2D eigenvalue weighted by molar-refractivity contribution is 5.79. The van der Waals surface area contributed by atoms with Crippen LogP contribution in [-0.4, -0.2) is 139 Å². The predicted molar refractivity (Wildman–Crippen MR) is 194 cm³/mol. The molecule has 14 heteroatoms. The Balaban J connectivity index is 1.20. The lowest BCUT2D eigenvalue weighted by Gasteiger charge is -2.72. The van der Waals surface area contributed by atoms with E-state index in [1.165, 1.54) is 0 Å². The van der Waals surface area contributed by atoms with E-state index in [1.54, 1.807) is 0 Å². The van der Waals surface area contributed by atoms with Gasteiger partial charge in [-0.3, -0.25) is 4.79 Å². The maximum absolute atomic E-state index is 14.6. The summed E-state index contributed by atoms with van der Waals surface area (Å²) >= 11 is 0. The second-order valence-electron chi connectivity index (χ2n) is 19.7. The van der Waals surface area contributed by atoms with Crippen molar-refractivity contribution in [1.29, 1.82) is 0 Å². The first-order valence-corrected chi connectivity index (χ1v) is 20.5. The molecule has 20 atom stereocenters. The molecule has 0 radical (unpaired) electrons. The highest BCUT2D eigenvalue weighted by Gasteiger charge is 2.72. The van der Waals surface area contributed by atoms with Crippen LogP contribution in [0.15, 0.2) is 11.6 Å². The summed E-state index contributed by atoms with van der Waals surface area (Å²) in [6.45, 7) is 11.9. The van der Waals surface area contributed by atoms with Crippen LogP contribution in [0.3, 0.4) is 0 Å². The zero-order valence-corrected chi connectivity index (χ0v) is 33.2. The Morgan fingerprint density at radius 1 is 0.818 bits per heavy atom. The average Bonchev–Trinajstić information content (AvgIpc) is 3.14. The molecule has 5 aliphatic carbocycles. The van der Waals surface area contributed by atoms with Crippen molar-refractivity contribution in [3.8, 4) is 0 Å². The number of allylic oxidation sites excluding steroid dienone is 1.